The lowest BCUT2D eigenvalue weighted by molar-refractivity contribution is 0.0481. The number of rotatable bonds is 11. The number of fused-ring (bicyclic) bond motifs is 6. The van der Waals surface area contributed by atoms with E-state index >= 15 is 0 Å². The van der Waals surface area contributed by atoms with Crippen molar-refractivity contribution in [2.75, 3.05) is 28.3 Å². The van der Waals surface area contributed by atoms with Crippen LogP contribution in [0.15, 0.2) is 70.2 Å². The van der Waals surface area contributed by atoms with E-state index in [1.165, 1.54) is 0 Å². The fourth-order valence-corrected chi connectivity index (χ4v) is 10.9. The van der Waals surface area contributed by atoms with E-state index in [0.717, 1.165) is 60.5 Å². The highest BCUT2D eigenvalue weighted by molar-refractivity contribution is 7.15. The van der Waals surface area contributed by atoms with Gasteiger partial charge in [-0.1, -0.05) is 0 Å². The molecule has 0 radical (unpaired) electrons. The van der Waals surface area contributed by atoms with Gasteiger partial charge in [-0.15, -0.1) is 11.3 Å². The molecule has 0 fully saturated rings. The summed E-state index contributed by atoms with van der Waals surface area (Å²) in [6, 6.07) is 11.8. The van der Waals surface area contributed by atoms with E-state index in [1.54, 1.807) is 65.1 Å². The molecule has 7 aromatic rings. The predicted octanol–water partition coefficient (Wildman–Crippen LogP) is 10.7. The van der Waals surface area contributed by atoms with E-state index in [2.05, 4.69) is 31.0 Å². The third kappa shape index (κ3) is 7.66. The van der Waals surface area contributed by atoms with Crippen LogP contribution in [-0.2, 0) is 18.0 Å². The van der Waals surface area contributed by atoms with Crippen molar-refractivity contribution in [2.45, 2.75) is 84.8 Å². The van der Waals surface area contributed by atoms with Gasteiger partial charge in [0.25, 0.3) is 11.8 Å². The Morgan fingerprint density at radius 1 is 0.776 bits per heavy atom. The van der Waals surface area contributed by atoms with Crippen molar-refractivity contribution in [1.29, 1.82) is 0 Å². The largest absolute Gasteiger partial charge is 0.496 e. The number of thiazole rings is 1. The smallest absolute Gasteiger partial charge is 0.275 e. The van der Waals surface area contributed by atoms with Gasteiger partial charge >= 0.3 is 0 Å². The third-order valence-corrected chi connectivity index (χ3v) is 15.3. The second kappa shape index (κ2) is 16.7. The molecule has 0 bridgehead atoms. The van der Waals surface area contributed by atoms with Crippen LogP contribution in [0.5, 0.6) is 23.0 Å². The number of hydrogen-bond donors (Lipinski definition) is 0. The standard InChI is InChI=1S/C50H51N7O7S3/c1-27-51-22-42(67-27)32-18-34-41(20-39(32)61-10)63-24-36-44(53-57(46(34)36)29-14-16-66-26-29)48(59)55(8)50(5,6)21-30-11-12-37(64-30)31-17-33-40(19-38(31)60-9)62-23-35-43(47(58)54(7)49(2,3)4)52-56(45(33)35)28-13-15-65-25-28/h12-20,22,25-26,30H,11,21,23-24H2,1-10H3. The number of carbonyl (C=O) groups excluding carboxylic acids is 2. The van der Waals surface area contributed by atoms with Crippen LogP contribution in [0, 0.1) is 6.92 Å². The van der Waals surface area contributed by atoms with Gasteiger partial charge in [0.2, 0.25) is 0 Å². The molecule has 0 saturated heterocycles. The lowest BCUT2D eigenvalue weighted by atomic mass is 9.93. The molecule has 0 N–H and O–H groups in total. The van der Waals surface area contributed by atoms with Crippen LogP contribution in [0.3, 0.4) is 0 Å². The summed E-state index contributed by atoms with van der Waals surface area (Å²) >= 11 is 4.71. The second-order valence-electron chi connectivity index (χ2n) is 18.5. The van der Waals surface area contributed by atoms with E-state index < -0.39 is 11.1 Å². The van der Waals surface area contributed by atoms with Gasteiger partial charge in [-0.2, -0.15) is 32.9 Å². The molecule has 14 nitrogen and oxygen atoms in total. The van der Waals surface area contributed by atoms with Crippen molar-refractivity contribution in [2.24, 2.45) is 0 Å². The molecule has 17 heteroatoms. The molecule has 0 aliphatic carbocycles. The maximum atomic E-state index is 14.8. The lowest BCUT2D eigenvalue weighted by Gasteiger charge is -2.37. The van der Waals surface area contributed by atoms with Crippen LogP contribution >= 0.6 is 34.0 Å². The zero-order chi connectivity index (χ0) is 47.1. The minimum absolute atomic E-state index is 0.164. The second-order valence-corrected chi connectivity index (χ2v) is 21.3. The summed E-state index contributed by atoms with van der Waals surface area (Å²) in [6.45, 7) is 12.4. The number of benzene rings is 2. The van der Waals surface area contributed by atoms with E-state index in [0.29, 0.717) is 58.6 Å². The van der Waals surface area contributed by atoms with Crippen molar-refractivity contribution in [3.63, 3.8) is 0 Å². The van der Waals surface area contributed by atoms with Gasteiger partial charge in [0.1, 0.15) is 48.1 Å². The molecule has 2 aromatic carbocycles. The number of carbonyl (C=O) groups is 2. The Morgan fingerprint density at radius 3 is 1.81 bits per heavy atom. The first-order chi connectivity index (χ1) is 32.1. The van der Waals surface area contributed by atoms with Gasteiger partial charge in [0.15, 0.2) is 11.4 Å². The number of aryl methyl sites for hydroxylation is 1. The summed E-state index contributed by atoms with van der Waals surface area (Å²) in [7, 11) is 6.91. The highest BCUT2D eigenvalue weighted by Gasteiger charge is 2.40. The van der Waals surface area contributed by atoms with Crippen LogP contribution in [0.1, 0.15) is 90.1 Å². The molecule has 8 heterocycles. The quantitative estimate of drug-likeness (QED) is 0.123. The van der Waals surface area contributed by atoms with E-state index in [-0.39, 0.29) is 31.1 Å². The molecule has 3 aliphatic rings. The van der Waals surface area contributed by atoms with Crippen LogP contribution in [-0.4, -0.2) is 91.7 Å². The summed E-state index contributed by atoms with van der Waals surface area (Å²) in [5.41, 5.74) is 7.58. The van der Waals surface area contributed by atoms with Gasteiger partial charge in [0.05, 0.1) is 52.4 Å². The minimum Gasteiger partial charge on any atom is -0.496 e. The van der Waals surface area contributed by atoms with Crippen molar-refractivity contribution in [3.8, 4) is 67.3 Å². The summed E-state index contributed by atoms with van der Waals surface area (Å²) in [4.78, 5) is 37.8. The topological polar surface area (TPSA) is 135 Å². The average molecular weight is 958 g/mol. The highest BCUT2D eigenvalue weighted by Crippen LogP contribution is 2.49. The number of amides is 2. The van der Waals surface area contributed by atoms with Gasteiger partial charge < -0.3 is 33.5 Å². The Balaban J connectivity index is 0.935. The van der Waals surface area contributed by atoms with Crippen LogP contribution in [0.4, 0.5) is 0 Å². The molecule has 2 amide bonds. The number of ether oxygens (including phenoxy) is 5. The van der Waals surface area contributed by atoms with Gasteiger partial charge in [-0.05, 0) is 82.6 Å². The van der Waals surface area contributed by atoms with Crippen LogP contribution in [0.25, 0.3) is 50.1 Å². The number of thiophene rings is 2. The Bertz CT molecular complexity index is 3100. The van der Waals surface area contributed by atoms with Gasteiger partial charge in [0, 0.05) is 94.9 Å². The van der Waals surface area contributed by atoms with Crippen molar-refractivity contribution in [1.82, 2.24) is 34.3 Å². The number of nitrogens with zero attached hydrogens (tertiary/aromatic N) is 7. The van der Waals surface area contributed by atoms with E-state index in [1.807, 2.05) is 102 Å². The zero-order valence-corrected chi connectivity index (χ0v) is 41.5. The normalized spacial score (nSPS) is 15.0. The van der Waals surface area contributed by atoms with E-state index in [9.17, 15) is 9.59 Å². The van der Waals surface area contributed by atoms with Crippen LogP contribution < -0.4 is 18.9 Å². The maximum absolute atomic E-state index is 14.8. The fraction of sp³-hybridized carbons (Fsp3) is 0.340. The molecular weight excluding hydrogens is 907 g/mol. The Morgan fingerprint density at radius 2 is 1.31 bits per heavy atom. The predicted molar refractivity (Wildman–Crippen MR) is 261 cm³/mol. The summed E-state index contributed by atoms with van der Waals surface area (Å²) in [5.74, 6) is 2.81. The molecule has 1 unspecified atom stereocenters. The molecular formula is C50H51N7O7S3. The molecule has 10 rings (SSSR count). The first-order valence-corrected chi connectivity index (χ1v) is 24.6. The van der Waals surface area contributed by atoms with Gasteiger partial charge in [-0.25, -0.2) is 14.3 Å². The third-order valence-electron chi connectivity index (χ3n) is 13.0. The molecule has 67 heavy (non-hydrogen) atoms. The highest BCUT2D eigenvalue weighted by atomic mass is 32.1. The maximum Gasteiger partial charge on any atom is 0.275 e. The molecule has 346 valence electrons. The SMILES string of the molecule is COc1cc2c(cc1C1=CCC(CC(C)(C)N(C)C(=O)c3nn(-c4ccsc4)c4c3COc3cc(OC)c(-c5cnc(C)s5)cc3-4)O1)-c1c(c(C(=O)N(C)C(C)(C)C)nn1-c1ccsc1)CO2. The number of hydrogen-bond acceptors (Lipinski definition) is 13. The number of methoxy groups -OCH3 is 2. The Labute approximate surface area is 400 Å². The molecule has 5 aromatic heterocycles. The first kappa shape index (κ1) is 44.4. The van der Waals surface area contributed by atoms with Crippen molar-refractivity contribution in [3.05, 3.63) is 103 Å². The molecule has 1 atom stereocenters. The zero-order valence-electron chi connectivity index (χ0n) is 39.0. The summed E-state index contributed by atoms with van der Waals surface area (Å²) < 4.78 is 35.0. The molecule has 0 spiro atoms. The Hall–Kier alpha value is -6.43. The summed E-state index contributed by atoms with van der Waals surface area (Å²) in [6.07, 6.45) is 4.82. The monoisotopic (exact) mass is 957 g/mol. The van der Waals surface area contributed by atoms with E-state index in [4.69, 9.17) is 33.9 Å². The van der Waals surface area contributed by atoms with Crippen molar-refractivity contribution >= 4 is 51.6 Å². The fourth-order valence-electron chi connectivity index (χ4n) is 8.84. The van der Waals surface area contributed by atoms with Crippen LogP contribution in [0.2, 0.25) is 0 Å². The molecule has 0 saturated carbocycles. The minimum atomic E-state index is -0.666. The summed E-state index contributed by atoms with van der Waals surface area (Å²) in [5, 5.41) is 19.0. The molecule has 3 aliphatic heterocycles. The van der Waals surface area contributed by atoms with Gasteiger partial charge in [-0.3, -0.25) is 9.59 Å². The lowest BCUT2D eigenvalue weighted by Crippen LogP contribution is -2.47. The average Bonchev–Trinajstić information content (AvgIpc) is 4.18. The first-order valence-electron chi connectivity index (χ1n) is 21.9. The number of aromatic nitrogens is 5. The van der Waals surface area contributed by atoms with Crippen molar-refractivity contribution < 1.29 is 33.3 Å². The Kier molecular flexibility index (Phi) is 11.1.